The van der Waals surface area contributed by atoms with E-state index in [4.69, 9.17) is 4.74 Å². The largest absolute Gasteiger partial charge is 0.372 e. The van der Waals surface area contributed by atoms with Gasteiger partial charge in [-0.15, -0.1) is 0 Å². The Labute approximate surface area is 131 Å². The lowest BCUT2D eigenvalue weighted by atomic mass is 10.1. The highest BCUT2D eigenvalue weighted by Crippen LogP contribution is 2.23. The van der Waals surface area contributed by atoms with Gasteiger partial charge < -0.3 is 4.74 Å². The molecule has 3 rings (SSSR count). The van der Waals surface area contributed by atoms with Crippen molar-refractivity contribution in [2.45, 2.75) is 20.1 Å². The minimum Gasteiger partial charge on any atom is -0.372 e. The van der Waals surface area contributed by atoms with Gasteiger partial charge in [-0.3, -0.25) is 9.69 Å². The first-order valence-corrected chi connectivity index (χ1v) is 7.61. The second-order valence-corrected chi connectivity index (χ2v) is 5.78. The molecule has 0 unspecified atom stereocenters. The monoisotopic (exact) mass is 346 g/mol. The Bertz CT molecular complexity index is 670. The van der Waals surface area contributed by atoms with Gasteiger partial charge >= 0.3 is 0 Å². The number of hydrogen-bond donors (Lipinski definition) is 0. The Balaban J connectivity index is 1.90. The van der Waals surface area contributed by atoms with Gasteiger partial charge in [0, 0.05) is 22.8 Å². The standard InChI is InChI=1S/C16H15BrN2O2/c1-2-19(15-6-5-14(17)8-18-15)16(20)11-3-4-12-9-21-10-13(12)7-11/h3-8H,2,9-10H2,1H3. The minimum atomic E-state index is -0.0398. The zero-order chi connectivity index (χ0) is 14.8. The molecule has 0 atom stereocenters. The molecule has 1 aromatic heterocycles. The van der Waals surface area contributed by atoms with Crippen molar-refractivity contribution in [1.29, 1.82) is 0 Å². The van der Waals surface area contributed by atoms with E-state index in [1.54, 1.807) is 11.1 Å². The molecule has 0 saturated carbocycles. The molecule has 0 N–H and O–H groups in total. The molecule has 0 radical (unpaired) electrons. The Morgan fingerprint density at radius 3 is 2.81 bits per heavy atom. The molecule has 4 nitrogen and oxygen atoms in total. The molecule has 2 heterocycles. The number of pyridine rings is 1. The highest BCUT2D eigenvalue weighted by Gasteiger charge is 2.20. The van der Waals surface area contributed by atoms with E-state index in [9.17, 15) is 4.79 Å². The average molecular weight is 347 g/mol. The number of ether oxygens (including phenoxy) is 1. The van der Waals surface area contributed by atoms with Gasteiger partial charge in [0.15, 0.2) is 0 Å². The van der Waals surface area contributed by atoms with Gasteiger partial charge in [-0.25, -0.2) is 4.98 Å². The smallest absolute Gasteiger partial charge is 0.259 e. The summed E-state index contributed by atoms with van der Waals surface area (Å²) in [5, 5.41) is 0. The maximum atomic E-state index is 12.7. The fourth-order valence-electron chi connectivity index (χ4n) is 2.40. The van der Waals surface area contributed by atoms with E-state index in [-0.39, 0.29) is 5.91 Å². The van der Waals surface area contributed by atoms with Crippen LogP contribution in [0.25, 0.3) is 0 Å². The molecule has 1 amide bonds. The number of aromatic nitrogens is 1. The summed E-state index contributed by atoms with van der Waals surface area (Å²) in [7, 11) is 0. The Morgan fingerprint density at radius 1 is 1.29 bits per heavy atom. The number of fused-ring (bicyclic) bond motifs is 1. The maximum Gasteiger partial charge on any atom is 0.259 e. The van der Waals surface area contributed by atoms with E-state index in [1.165, 1.54) is 0 Å². The van der Waals surface area contributed by atoms with Crippen LogP contribution in [-0.2, 0) is 18.0 Å². The van der Waals surface area contributed by atoms with E-state index >= 15 is 0 Å². The Morgan fingerprint density at radius 2 is 2.10 bits per heavy atom. The predicted octanol–water partition coefficient (Wildman–Crippen LogP) is 3.54. The molecule has 0 fully saturated rings. The zero-order valence-electron chi connectivity index (χ0n) is 11.7. The fourth-order valence-corrected chi connectivity index (χ4v) is 2.63. The lowest BCUT2D eigenvalue weighted by Crippen LogP contribution is -2.31. The molecular formula is C16H15BrN2O2. The number of nitrogens with zero attached hydrogens (tertiary/aromatic N) is 2. The second-order valence-electron chi connectivity index (χ2n) is 4.86. The van der Waals surface area contributed by atoms with E-state index in [0.717, 1.165) is 15.6 Å². The van der Waals surface area contributed by atoms with Crippen molar-refractivity contribution in [1.82, 2.24) is 4.98 Å². The van der Waals surface area contributed by atoms with Crippen LogP contribution >= 0.6 is 15.9 Å². The van der Waals surface area contributed by atoms with Crippen LogP contribution in [0, 0.1) is 0 Å². The van der Waals surface area contributed by atoms with Crippen LogP contribution in [0.3, 0.4) is 0 Å². The third kappa shape index (κ3) is 2.84. The Hall–Kier alpha value is -1.72. The molecule has 1 aliphatic rings. The van der Waals surface area contributed by atoms with Gasteiger partial charge in [0.2, 0.25) is 0 Å². The average Bonchev–Trinajstić information content (AvgIpc) is 2.97. The number of rotatable bonds is 3. The topological polar surface area (TPSA) is 42.4 Å². The molecule has 0 bridgehead atoms. The predicted molar refractivity (Wildman–Crippen MR) is 84.2 cm³/mol. The van der Waals surface area contributed by atoms with Gasteiger partial charge in [0.1, 0.15) is 5.82 Å². The van der Waals surface area contributed by atoms with Crippen molar-refractivity contribution in [2.24, 2.45) is 0 Å². The van der Waals surface area contributed by atoms with E-state index in [2.05, 4.69) is 20.9 Å². The van der Waals surface area contributed by atoms with Crippen LogP contribution in [0.4, 0.5) is 5.82 Å². The van der Waals surface area contributed by atoms with Crippen molar-refractivity contribution in [2.75, 3.05) is 11.4 Å². The SMILES string of the molecule is CCN(C(=O)c1ccc2c(c1)COC2)c1ccc(Br)cn1. The van der Waals surface area contributed by atoms with E-state index in [1.807, 2.05) is 37.3 Å². The van der Waals surface area contributed by atoms with Gasteiger partial charge in [-0.1, -0.05) is 6.07 Å². The number of benzene rings is 1. The number of carbonyl (C=O) groups excluding carboxylic acids is 1. The molecule has 1 aromatic carbocycles. The minimum absolute atomic E-state index is 0.0398. The zero-order valence-corrected chi connectivity index (χ0v) is 13.3. The molecule has 21 heavy (non-hydrogen) atoms. The second kappa shape index (κ2) is 5.95. The van der Waals surface area contributed by atoms with Gasteiger partial charge in [-0.2, -0.15) is 0 Å². The molecule has 0 aliphatic carbocycles. The number of anilines is 1. The summed E-state index contributed by atoms with van der Waals surface area (Å²) < 4.78 is 6.28. The summed E-state index contributed by atoms with van der Waals surface area (Å²) in [5.41, 5.74) is 2.93. The molecule has 5 heteroatoms. The normalized spacial score (nSPS) is 13.0. The molecular weight excluding hydrogens is 332 g/mol. The van der Waals surface area contributed by atoms with Crippen LogP contribution in [0.1, 0.15) is 28.4 Å². The summed E-state index contributed by atoms with van der Waals surface area (Å²) in [6, 6.07) is 9.47. The van der Waals surface area contributed by atoms with E-state index in [0.29, 0.717) is 31.1 Å². The highest BCUT2D eigenvalue weighted by molar-refractivity contribution is 9.10. The van der Waals surface area contributed by atoms with Crippen molar-refractivity contribution in [3.8, 4) is 0 Å². The summed E-state index contributed by atoms with van der Waals surface area (Å²) in [6.07, 6.45) is 1.70. The maximum absolute atomic E-state index is 12.7. The van der Waals surface area contributed by atoms with Crippen LogP contribution in [0.15, 0.2) is 41.0 Å². The van der Waals surface area contributed by atoms with Crippen LogP contribution in [0.2, 0.25) is 0 Å². The molecule has 2 aromatic rings. The highest BCUT2D eigenvalue weighted by atomic mass is 79.9. The van der Waals surface area contributed by atoms with Crippen LogP contribution in [0.5, 0.6) is 0 Å². The summed E-state index contributed by atoms with van der Waals surface area (Å²) >= 11 is 3.35. The fraction of sp³-hybridized carbons (Fsp3) is 0.250. The lowest BCUT2D eigenvalue weighted by molar-refractivity contribution is 0.0987. The van der Waals surface area contributed by atoms with Crippen molar-refractivity contribution in [3.63, 3.8) is 0 Å². The summed E-state index contributed by atoms with van der Waals surface area (Å²) in [4.78, 5) is 18.7. The molecule has 1 aliphatic heterocycles. The number of halogens is 1. The first-order chi connectivity index (χ1) is 10.2. The summed E-state index contributed by atoms with van der Waals surface area (Å²) in [6.45, 7) is 3.73. The first kappa shape index (κ1) is 14.2. The van der Waals surface area contributed by atoms with E-state index < -0.39 is 0 Å². The summed E-state index contributed by atoms with van der Waals surface area (Å²) in [5.74, 6) is 0.615. The third-order valence-electron chi connectivity index (χ3n) is 3.52. The molecule has 0 spiro atoms. The number of hydrogen-bond acceptors (Lipinski definition) is 3. The molecule has 108 valence electrons. The van der Waals surface area contributed by atoms with Gasteiger partial charge in [0.25, 0.3) is 5.91 Å². The van der Waals surface area contributed by atoms with Crippen molar-refractivity contribution in [3.05, 3.63) is 57.7 Å². The van der Waals surface area contributed by atoms with Gasteiger partial charge in [0.05, 0.1) is 13.2 Å². The van der Waals surface area contributed by atoms with Crippen LogP contribution in [-0.4, -0.2) is 17.4 Å². The van der Waals surface area contributed by atoms with Crippen LogP contribution < -0.4 is 4.90 Å². The Kier molecular flexibility index (Phi) is 4.03. The first-order valence-electron chi connectivity index (χ1n) is 6.82. The van der Waals surface area contributed by atoms with Crippen molar-refractivity contribution >= 4 is 27.7 Å². The lowest BCUT2D eigenvalue weighted by Gasteiger charge is -2.20. The quantitative estimate of drug-likeness (QED) is 0.853. The number of amides is 1. The molecule has 0 saturated heterocycles. The third-order valence-corrected chi connectivity index (χ3v) is 3.99. The van der Waals surface area contributed by atoms with Gasteiger partial charge in [-0.05, 0) is 58.2 Å². The van der Waals surface area contributed by atoms with Crippen molar-refractivity contribution < 1.29 is 9.53 Å². The number of carbonyl (C=O) groups is 1.